The van der Waals surface area contributed by atoms with Gasteiger partial charge in [0.25, 0.3) is 5.95 Å². The summed E-state index contributed by atoms with van der Waals surface area (Å²) in [5.74, 6) is 0.846. The van der Waals surface area contributed by atoms with Crippen LogP contribution < -0.4 is 11.1 Å². The summed E-state index contributed by atoms with van der Waals surface area (Å²) >= 11 is 0. The smallest absolute Gasteiger partial charge is 0.258 e. The second kappa shape index (κ2) is 5.31. The molecule has 8 heteroatoms. The van der Waals surface area contributed by atoms with Gasteiger partial charge < -0.3 is 11.1 Å². The SMILES string of the molecule is Nc1nc(NCc2ccccc2)nc(-n2cncn2)n1. The highest BCUT2D eigenvalue weighted by atomic mass is 15.4. The second-order valence-electron chi connectivity index (χ2n) is 4.00. The largest absolute Gasteiger partial charge is 0.368 e. The minimum Gasteiger partial charge on any atom is -0.368 e. The average Bonchev–Trinajstić information content (AvgIpc) is 3.00. The molecule has 2 aromatic heterocycles. The molecule has 100 valence electrons. The summed E-state index contributed by atoms with van der Waals surface area (Å²) in [4.78, 5) is 16.1. The maximum absolute atomic E-state index is 5.67. The molecule has 0 saturated heterocycles. The van der Waals surface area contributed by atoms with Crippen molar-refractivity contribution in [2.75, 3.05) is 11.1 Å². The van der Waals surface area contributed by atoms with E-state index >= 15 is 0 Å². The molecule has 2 heterocycles. The lowest BCUT2D eigenvalue weighted by Crippen LogP contribution is -2.11. The van der Waals surface area contributed by atoms with Gasteiger partial charge in [-0.15, -0.1) is 0 Å². The number of nitrogens with zero attached hydrogens (tertiary/aromatic N) is 6. The Kier molecular flexibility index (Phi) is 3.19. The van der Waals surface area contributed by atoms with Gasteiger partial charge in [-0.25, -0.2) is 4.98 Å². The van der Waals surface area contributed by atoms with Crippen molar-refractivity contribution >= 4 is 11.9 Å². The monoisotopic (exact) mass is 268 g/mol. The normalized spacial score (nSPS) is 10.4. The Hall–Kier alpha value is -3.03. The molecule has 8 nitrogen and oxygen atoms in total. The van der Waals surface area contributed by atoms with Crippen LogP contribution >= 0.6 is 0 Å². The van der Waals surface area contributed by atoms with Crippen molar-refractivity contribution in [1.82, 2.24) is 29.7 Å². The molecular formula is C12H12N8. The Balaban J connectivity index is 1.80. The third kappa shape index (κ3) is 2.69. The number of benzene rings is 1. The summed E-state index contributed by atoms with van der Waals surface area (Å²) in [6.45, 7) is 0.598. The first-order chi connectivity index (χ1) is 9.81. The maximum atomic E-state index is 5.67. The summed E-state index contributed by atoms with van der Waals surface area (Å²) in [5, 5.41) is 7.06. The Morgan fingerprint density at radius 2 is 1.95 bits per heavy atom. The molecule has 3 aromatic rings. The van der Waals surface area contributed by atoms with Crippen LogP contribution in [0.15, 0.2) is 43.0 Å². The standard InChI is InChI=1S/C12H12N8/c13-10-17-11(15-6-9-4-2-1-3-5-9)19-12(18-10)20-8-14-7-16-20/h1-5,7-8H,6H2,(H3,13,15,17,18,19). The molecule has 0 spiro atoms. The second-order valence-corrected chi connectivity index (χ2v) is 4.00. The summed E-state index contributed by atoms with van der Waals surface area (Å²) < 4.78 is 1.42. The average molecular weight is 268 g/mol. The van der Waals surface area contributed by atoms with Gasteiger partial charge in [0.15, 0.2) is 0 Å². The van der Waals surface area contributed by atoms with E-state index in [9.17, 15) is 0 Å². The minimum absolute atomic E-state index is 0.126. The van der Waals surface area contributed by atoms with Gasteiger partial charge in [0, 0.05) is 6.54 Å². The quantitative estimate of drug-likeness (QED) is 0.715. The fourth-order valence-electron chi connectivity index (χ4n) is 1.65. The van der Waals surface area contributed by atoms with Crippen LogP contribution in [0.1, 0.15) is 5.56 Å². The highest BCUT2D eigenvalue weighted by molar-refractivity contribution is 5.35. The maximum Gasteiger partial charge on any atom is 0.258 e. The van der Waals surface area contributed by atoms with Crippen molar-refractivity contribution in [2.24, 2.45) is 0 Å². The molecule has 0 aliphatic rings. The van der Waals surface area contributed by atoms with Crippen molar-refractivity contribution in [3.8, 4) is 5.95 Å². The fraction of sp³-hybridized carbons (Fsp3) is 0.0833. The lowest BCUT2D eigenvalue weighted by Gasteiger charge is -2.06. The highest BCUT2D eigenvalue weighted by Gasteiger charge is 2.06. The van der Waals surface area contributed by atoms with Crippen molar-refractivity contribution in [3.05, 3.63) is 48.5 Å². The van der Waals surface area contributed by atoms with Gasteiger partial charge in [-0.05, 0) is 5.56 Å². The Labute approximate surface area is 114 Å². The zero-order valence-corrected chi connectivity index (χ0v) is 10.5. The van der Waals surface area contributed by atoms with Crippen LogP contribution in [0.5, 0.6) is 0 Å². The molecule has 0 aliphatic heterocycles. The van der Waals surface area contributed by atoms with Crippen LogP contribution in [-0.2, 0) is 6.54 Å². The molecule has 0 fully saturated rings. The van der Waals surface area contributed by atoms with Gasteiger partial charge in [0.05, 0.1) is 0 Å². The van der Waals surface area contributed by atoms with E-state index in [1.165, 1.54) is 17.3 Å². The first kappa shape index (κ1) is 12.0. The third-order valence-corrected chi connectivity index (χ3v) is 2.56. The van der Waals surface area contributed by atoms with Crippen LogP contribution in [-0.4, -0.2) is 29.7 Å². The van der Waals surface area contributed by atoms with Crippen LogP contribution in [0, 0.1) is 0 Å². The summed E-state index contributed by atoms with van der Waals surface area (Å²) in [6.07, 6.45) is 2.90. The van der Waals surface area contributed by atoms with Crippen LogP contribution in [0.25, 0.3) is 5.95 Å². The van der Waals surface area contributed by atoms with Gasteiger partial charge in [-0.3, -0.25) is 0 Å². The molecule has 20 heavy (non-hydrogen) atoms. The minimum atomic E-state index is 0.126. The van der Waals surface area contributed by atoms with E-state index in [4.69, 9.17) is 5.73 Å². The lowest BCUT2D eigenvalue weighted by molar-refractivity contribution is 0.797. The first-order valence-corrected chi connectivity index (χ1v) is 5.95. The molecule has 0 aliphatic carbocycles. The van der Waals surface area contributed by atoms with Crippen LogP contribution in [0.2, 0.25) is 0 Å². The van der Waals surface area contributed by atoms with Crippen LogP contribution in [0.4, 0.5) is 11.9 Å². The molecule has 3 N–H and O–H groups in total. The Morgan fingerprint density at radius 1 is 1.10 bits per heavy atom. The zero-order chi connectivity index (χ0) is 13.8. The van der Waals surface area contributed by atoms with E-state index in [1.807, 2.05) is 30.3 Å². The molecule has 0 radical (unpaired) electrons. The van der Waals surface area contributed by atoms with Gasteiger partial charge in [-0.2, -0.15) is 24.7 Å². The molecule has 0 saturated carbocycles. The Bertz CT molecular complexity index is 680. The van der Waals surface area contributed by atoms with E-state index in [2.05, 4.69) is 30.4 Å². The number of nitrogens with two attached hydrogens (primary N) is 1. The molecule has 3 rings (SSSR count). The van der Waals surface area contributed by atoms with Gasteiger partial charge in [0.1, 0.15) is 12.7 Å². The number of nitrogens with one attached hydrogen (secondary N) is 1. The van der Waals surface area contributed by atoms with Crippen molar-refractivity contribution < 1.29 is 0 Å². The lowest BCUT2D eigenvalue weighted by atomic mass is 10.2. The Morgan fingerprint density at radius 3 is 2.70 bits per heavy atom. The molecule has 1 aromatic carbocycles. The van der Waals surface area contributed by atoms with Crippen LogP contribution in [0.3, 0.4) is 0 Å². The molecule has 0 bridgehead atoms. The van der Waals surface area contributed by atoms with E-state index in [1.54, 1.807) is 0 Å². The molecule has 0 atom stereocenters. The van der Waals surface area contributed by atoms with Gasteiger partial charge >= 0.3 is 0 Å². The van der Waals surface area contributed by atoms with Crippen molar-refractivity contribution in [3.63, 3.8) is 0 Å². The van der Waals surface area contributed by atoms with Gasteiger partial charge in [-0.1, -0.05) is 30.3 Å². The summed E-state index contributed by atoms with van der Waals surface area (Å²) in [5.41, 5.74) is 6.79. The van der Waals surface area contributed by atoms with Gasteiger partial charge in [0.2, 0.25) is 11.9 Å². The number of nitrogen functional groups attached to an aromatic ring is 1. The van der Waals surface area contributed by atoms with E-state index in [0.717, 1.165) is 5.56 Å². The topological polar surface area (TPSA) is 107 Å². The zero-order valence-electron chi connectivity index (χ0n) is 10.5. The highest BCUT2D eigenvalue weighted by Crippen LogP contribution is 2.07. The van der Waals surface area contributed by atoms with E-state index < -0.39 is 0 Å². The summed E-state index contributed by atoms with van der Waals surface area (Å²) in [7, 11) is 0. The first-order valence-electron chi connectivity index (χ1n) is 5.95. The molecule has 0 unspecified atom stereocenters. The fourth-order valence-corrected chi connectivity index (χ4v) is 1.65. The number of aromatic nitrogens is 6. The predicted octanol–water partition coefficient (Wildman–Crippen LogP) is 0.647. The van der Waals surface area contributed by atoms with Crippen molar-refractivity contribution in [2.45, 2.75) is 6.54 Å². The van der Waals surface area contributed by atoms with Crippen molar-refractivity contribution in [1.29, 1.82) is 0 Å². The number of anilines is 2. The molecule has 0 amide bonds. The third-order valence-electron chi connectivity index (χ3n) is 2.56. The van der Waals surface area contributed by atoms with E-state index in [0.29, 0.717) is 18.4 Å². The van der Waals surface area contributed by atoms with E-state index in [-0.39, 0.29) is 5.95 Å². The predicted molar refractivity (Wildman–Crippen MR) is 72.9 cm³/mol. The number of hydrogen-bond donors (Lipinski definition) is 2. The number of rotatable bonds is 4. The number of hydrogen-bond acceptors (Lipinski definition) is 7. The summed E-state index contributed by atoms with van der Waals surface area (Å²) in [6, 6.07) is 9.93. The molecular weight excluding hydrogens is 256 g/mol.